The summed E-state index contributed by atoms with van der Waals surface area (Å²) in [7, 11) is 0. The van der Waals surface area contributed by atoms with E-state index in [2.05, 4.69) is 63.8 Å². The molecule has 0 fully saturated rings. The molecule has 0 aliphatic carbocycles. The van der Waals surface area contributed by atoms with Crippen LogP contribution < -0.4 is 63.8 Å². The Kier molecular flexibility index (Phi) is 28.1. The lowest BCUT2D eigenvalue weighted by Gasteiger charge is -2.24. The van der Waals surface area contributed by atoms with Gasteiger partial charge in [0.15, 0.2) is 0 Å². The highest BCUT2D eigenvalue weighted by molar-refractivity contribution is 6.08. The second kappa shape index (κ2) is 33.7. The van der Waals surface area contributed by atoms with E-state index in [0.29, 0.717) is 0 Å². The third-order valence-electron chi connectivity index (χ3n) is 12.4. The summed E-state index contributed by atoms with van der Waals surface area (Å²) in [5.41, 5.74) is -4.40. The second-order valence-corrected chi connectivity index (χ2v) is 26.9. The number of rotatable bonds is 24. The lowest BCUT2D eigenvalue weighted by atomic mass is 10.0. The first kappa shape index (κ1) is 79.2. The number of anilines is 6. The van der Waals surface area contributed by atoms with Crippen molar-refractivity contribution in [3.8, 4) is 0 Å². The van der Waals surface area contributed by atoms with Gasteiger partial charge in [0, 0.05) is 45.3 Å². The molecule has 0 saturated heterocycles. The lowest BCUT2D eigenvalue weighted by molar-refractivity contribution is -0.119. The van der Waals surface area contributed by atoms with E-state index in [0.717, 1.165) is 0 Å². The van der Waals surface area contributed by atoms with Gasteiger partial charge in [0.2, 0.25) is 35.4 Å². The van der Waals surface area contributed by atoms with Gasteiger partial charge in [-0.2, -0.15) is 0 Å². The number of hydrogen-bond donors (Lipinski definition) is 12. The molecule has 0 spiro atoms. The molecule has 0 aliphatic heterocycles. The maximum Gasteiger partial charge on any atom is 0.408 e. The molecule has 0 radical (unpaired) electrons. The standard InChI is InChI=1S/C65H94N12O18/c1-22-91-57(86)40-27-45(74-55(84)47(32(2)3)76-53(82)38-23-41(70-49(78)34(6)66-58(87)92-62(10,11)12)29-42(24-38)71-50(79)35(7)67-59(88)93-63(13,14)15)31-46(28-40)75-56(85)48(33(4)5)77-54(83)39-25-43(72-51(80)36(8)68-60(89)94-64(16,17)18)30-44(26-39)73-52(81)37(9)69-61(90)95-65(19,20)21/h23-37,47-48H,22H2,1-21H3,(H,66,87)(H,67,88)(H,68,89)(H,69,90)(H,70,78)(H,71,79)(H,72,80)(H,73,81)(H,74,84)(H,75,85)(H,76,82)(H,77,83)/t34-,35-,36-,37-,47-,48-/m0/s1. The summed E-state index contributed by atoms with van der Waals surface area (Å²) < 4.78 is 26.3. The summed E-state index contributed by atoms with van der Waals surface area (Å²) in [5, 5.41) is 30.8. The summed E-state index contributed by atoms with van der Waals surface area (Å²) in [6.07, 6.45) is -3.55. The Morgan fingerprint density at radius 1 is 0.316 bits per heavy atom. The van der Waals surface area contributed by atoms with E-state index in [9.17, 15) is 62.3 Å². The summed E-state index contributed by atoms with van der Waals surface area (Å²) in [6, 6.07) is 3.97. The van der Waals surface area contributed by atoms with Crippen LogP contribution >= 0.6 is 0 Å². The molecule has 3 aromatic rings. The second-order valence-electron chi connectivity index (χ2n) is 26.9. The fourth-order valence-corrected chi connectivity index (χ4v) is 8.07. The molecule has 0 aromatic heterocycles. The lowest BCUT2D eigenvalue weighted by Crippen LogP contribution is -2.47. The Bertz CT molecular complexity index is 3020. The van der Waals surface area contributed by atoms with Crippen LogP contribution in [0.25, 0.3) is 0 Å². The van der Waals surface area contributed by atoms with Gasteiger partial charge in [0.05, 0.1) is 12.2 Å². The SMILES string of the molecule is CCOC(=O)c1cc(NC(=O)[C@@H](NC(=O)c2cc(NC(=O)[C@H](C)NC(=O)OC(C)(C)C)cc(NC(=O)[C@H](C)NC(=O)OC(C)(C)C)c2)C(C)C)cc(NC(=O)[C@@H](NC(=O)c2cc(NC(=O)[C@H](C)NC(=O)OC(C)(C)C)cc(NC(=O)[C@H](C)NC(=O)OC(C)(C)C)c2)C(C)C)c1. The summed E-state index contributed by atoms with van der Waals surface area (Å²) in [5.74, 6) is -8.62. The van der Waals surface area contributed by atoms with Crippen LogP contribution in [0.4, 0.5) is 53.3 Å². The van der Waals surface area contributed by atoms with Gasteiger partial charge >= 0.3 is 30.3 Å². The minimum Gasteiger partial charge on any atom is -0.462 e. The number of hydrogen-bond acceptors (Lipinski definition) is 18. The van der Waals surface area contributed by atoms with E-state index in [1.54, 1.807) is 118 Å². The van der Waals surface area contributed by atoms with Crippen molar-refractivity contribution in [3.05, 3.63) is 71.3 Å². The largest absolute Gasteiger partial charge is 0.462 e. The van der Waals surface area contributed by atoms with Crippen molar-refractivity contribution in [2.24, 2.45) is 11.8 Å². The van der Waals surface area contributed by atoms with Gasteiger partial charge in [-0.05, 0) is 184 Å². The zero-order valence-corrected chi connectivity index (χ0v) is 57.9. The van der Waals surface area contributed by atoms with Crippen LogP contribution in [-0.2, 0) is 52.5 Å². The Morgan fingerprint density at radius 3 is 0.726 bits per heavy atom. The van der Waals surface area contributed by atoms with Crippen molar-refractivity contribution in [1.82, 2.24) is 31.9 Å². The number of ether oxygens (including phenoxy) is 5. The van der Waals surface area contributed by atoms with Crippen molar-refractivity contribution >= 4 is 112 Å². The zero-order chi connectivity index (χ0) is 72.4. The third kappa shape index (κ3) is 28.4. The molecule has 30 heteroatoms. The molecule has 522 valence electrons. The molecule has 3 aromatic carbocycles. The fraction of sp³-hybridized carbons (Fsp3) is 0.523. The van der Waals surface area contributed by atoms with Gasteiger partial charge < -0.3 is 87.5 Å². The third-order valence-corrected chi connectivity index (χ3v) is 12.4. The monoisotopic (exact) mass is 1330 g/mol. The molecule has 30 nitrogen and oxygen atoms in total. The summed E-state index contributed by atoms with van der Waals surface area (Å²) in [4.78, 5) is 175. The molecule has 0 saturated carbocycles. The van der Waals surface area contributed by atoms with Gasteiger partial charge in [-0.25, -0.2) is 24.0 Å². The maximum absolute atomic E-state index is 14.4. The molecule has 12 amide bonds. The van der Waals surface area contributed by atoms with Gasteiger partial charge in [0.25, 0.3) is 11.8 Å². The molecular formula is C65H94N12O18. The Balaban J connectivity index is 2.02. The smallest absolute Gasteiger partial charge is 0.408 e. The topological polar surface area (TPSA) is 412 Å². The van der Waals surface area contributed by atoms with Crippen molar-refractivity contribution in [3.63, 3.8) is 0 Å². The quantitative estimate of drug-likeness (QED) is 0.0298. The average molecular weight is 1330 g/mol. The van der Waals surface area contributed by atoms with Gasteiger partial charge in [0.1, 0.15) is 58.7 Å². The number of esters is 1. The van der Waals surface area contributed by atoms with Gasteiger partial charge in [-0.3, -0.25) is 38.4 Å². The first-order chi connectivity index (χ1) is 43.6. The highest BCUT2D eigenvalue weighted by Crippen LogP contribution is 2.26. The van der Waals surface area contributed by atoms with Crippen LogP contribution in [0, 0.1) is 11.8 Å². The number of carbonyl (C=O) groups is 13. The number of amides is 12. The molecular weight excluding hydrogens is 1240 g/mol. The average Bonchev–Trinajstić information content (AvgIpc) is 0.846. The number of nitrogens with one attached hydrogen (secondary N) is 12. The molecule has 0 unspecified atom stereocenters. The number of benzene rings is 3. The van der Waals surface area contributed by atoms with Crippen LogP contribution in [0.1, 0.15) is 176 Å². The Hall–Kier alpha value is -10.0. The highest BCUT2D eigenvalue weighted by Gasteiger charge is 2.31. The molecule has 12 N–H and O–H groups in total. The molecule has 95 heavy (non-hydrogen) atoms. The van der Waals surface area contributed by atoms with E-state index < -0.39 is 148 Å². The Morgan fingerprint density at radius 2 is 0.526 bits per heavy atom. The van der Waals surface area contributed by atoms with Crippen molar-refractivity contribution in [2.45, 2.75) is 204 Å². The van der Waals surface area contributed by atoms with E-state index in [1.807, 2.05) is 0 Å². The zero-order valence-electron chi connectivity index (χ0n) is 57.9. The van der Waals surface area contributed by atoms with Crippen LogP contribution in [0.15, 0.2) is 54.6 Å². The first-order valence-electron chi connectivity index (χ1n) is 30.7. The van der Waals surface area contributed by atoms with Gasteiger partial charge in [-0.1, -0.05) is 27.7 Å². The van der Waals surface area contributed by atoms with E-state index >= 15 is 0 Å². The predicted molar refractivity (Wildman–Crippen MR) is 355 cm³/mol. The summed E-state index contributed by atoms with van der Waals surface area (Å²) in [6.45, 7) is 33.1. The van der Waals surface area contributed by atoms with Crippen molar-refractivity contribution in [2.75, 3.05) is 38.5 Å². The van der Waals surface area contributed by atoms with Crippen LogP contribution in [0.5, 0.6) is 0 Å². The molecule has 0 bridgehead atoms. The molecule has 3 rings (SSSR count). The maximum atomic E-state index is 14.4. The van der Waals surface area contributed by atoms with Crippen LogP contribution in [0.3, 0.4) is 0 Å². The number of carbonyl (C=O) groups excluding carboxylic acids is 13. The van der Waals surface area contributed by atoms with Crippen molar-refractivity contribution < 1.29 is 86.0 Å². The normalized spacial score (nSPS) is 13.4. The fourth-order valence-electron chi connectivity index (χ4n) is 8.07. The Labute approximate surface area is 553 Å². The minimum absolute atomic E-state index is 0.0483. The highest BCUT2D eigenvalue weighted by atomic mass is 16.6. The first-order valence-corrected chi connectivity index (χ1v) is 30.7. The minimum atomic E-state index is -1.35. The van der Waals surface area contributed by atoms with Crippen LogP contribution in [-0.4, -0.2) is 143 Å². The summed E-state index contributed by atoms with van der Waals surface area (Å²) >= 11 is 0. The molecule has 0 heterocycles. The molecule has 0 aliphatic rings. The predicted octanol–water partition coefficient (Wildman–Crippen LogP) is 8.06. The van der Waals surface area contributed by atoms with Crippen LogP contribution in [0.2, 0.25) is 0 Å². The van der Waals surface area contributed by atoms with E-state index in [1.165, 1.54) is 82.3 Å². The van der Waals surface area contributed by atoms with Gasteiger partial charge in [-0.15, -0.1) is 0 Å². The molecule has 6 atom stereocenters. The van der Waals surface area contributed by atoms with E-state index in [-0.39, 0.29) is 57.4 Å². The van der Waals surface area contributed by atoms with Crippen molar-refractivity contribution in [1.29, 1.82) is 0 Å². The van der Waals surface area contributed by atoms with E-state index in [4.69, 9.17) is 23.7 Å². The number of alkyl carbamates (subject to hydrolysis) is 4.